The van der Waals surface area contributed by atoms with Gasteiger partial charge in [0.1, 0.15) is 6.33 Å². The maximum absolute atomic E-state index is 12.5. The summed E-state index contributed by atoms with van der Waals surface area (Å²) in [4.78, 5) is 35.0. The summed E-state index contributed by atoms with van der Waals surface area (Å²) < 4.78 is 6.85. The number of ether oxygens (including phenoxy) is 1. The Morgan fingerprint density at radius 1 is 1.23 bits per heavy atom. The van der Waals surface area contributed by atoms with Crippen LogP contribution in [0.1, 0.15) is 50.1 Å². The lowest BCUT2D eigenvalue weighted by Gasteiger charge is -2.38. The first kappa shape index (κ1) is 18.3. The molecule has 1 amide bonds. The third-order valence-electron chi connectivity index (χ3n) is 5.15. The predicted molar refractivity (Wildman–Crippen MR) is 94.5 cm³/mol. The number of amides is 1. The molecule has 0 radical (unpaired) electrons. The third-order valence-corrected chi connectivity index (χ3v) is 5.15. The number of fused-ring (bicyclic) bond motifs is 1. The second-order valence-electron chi connectivity index (χ2n) is 7.00. The molecule has 0 N–H and O–H groups in total. The van der Waals surface area contributed by atoms with Gasteiger partial charge in [0, 0.05) is 29.0 Å². The van der Waals surface area contributed by atoms with Crippen molar-refractivity contribution in [2.24, 2.45) is 0 Å². The molecule has 8 heteroatoms. The van der Waals surface area contributed by atoms with Crippen molar-refractivity contribution in [3.63, 3.8) is 0 Å². The Balaban J connectivity index is 1.63. The molecule has 3 heterocycles. The van der Waals surface area contributed by atoms with E-state index in [-0.39, 0.29) is 31.0 Å². The lowest BCUT2D eigenvalue weighted by Crippen LogP contribution is -2.49. The van der Waals surface area contributed by atoms with Crippen LogP contribution in [0, 0.1) is 13.8 Å². The number of piperidine rings is 1. The van der Waals surface area contributed by atoms with Crippen LogP contribution < -0.4 is 0 Å². The minimum atomic E-state index is -0.442. The fraction of sp³-hybridized carbons (Fsp3) is 0.611. The van der Waals surface area contributed by atoms with Gasteiger partial charge in [-0.2, -0.15) is 10.1 Å². The van der Waals surface area contributed by atoms with Crippen molar-refractivity contribution >= 4 is 17.7 Å². The van der Waals surface area contributed by atoms with Crippen LogP contribution >= 0.6 is 0 Å². The molecule has 0 aromatic carbocycles. The fourth-order valence-electron chi connectivity index (χ4n) is 3.74. The van der Waals surface area contributed by atoms with E-state index >= 15 is 0 Å². The van der Waals surface area contributed by atoms with Gasteiger partial charge in [-0.1, -0.05) is 0 Å². The number of hydrogen-bond acceptors (Lipinski definition) is 6. The van der Waals surface area contributed by atoms with Gasteiger partial charge in [0.2, 0.25) is 0 Å². The zero-order valence-corrected chi connectivity index (χ0v) is 15.7. The van der Waals surface area contributed by atoms with E-state index in [0.29, 0.717) is 11.5 Å². The molecule has 1 aliphatic rings. The molecule has 0 spiro atoms. The minimum absolute atomic E-state index is 0.0544. The number of esters is 1. The van der Waals surface area contributed by atoms with Crippen LogP contribution in [-0.2, 0) is 20.7 Å². The maximum atomic E-state index is 12.5. The molecule has 1 aliphatic heterocycles. The number of hydrogen-bond donors (Lipinski definition) is 0. The molecule has 2 aromatic heterocycles. The van der Waals surface area contributed by atoms with Gasteiger partial charge in [-0.3, -0.25) is 9.59 Å². The van der Waals surface area contributed by atoms with E-state index in [1.165, 1.54) is 6.33 Å². The normalized spacial score (nSPS) is 20.4. The summed E-state index contributed by atoms with van der Waals surface area (Å²) in [6.07, 6.45) is 4.59. The number of rotatable bonds is 4. The number of carbonyl (C=O) groups is 2. The van der Waals surface area contributed by atoms with Crippen molar-refractivity contribution in [2.45, 2.75) is 65.5 Å². The molecular formula is C18H25N5O3. The van der Waals surface area contributed by atoms with E-state index < -0.39 is 5.97 Å². The van der Waals surface area contributed by atoms with Gasteiger partial charge in [-0.05, 0) is 47.0 Å². The Morgan fingerprint density at radius 3 is 2.62 bits per heavy atom. The molecule has 0 saturated carbocycles. The summed E-state index contributed by atoms with van der Waals surface area (Å²) in [6, 6.07) is 0.377. The first-order valence-electron chi connectivity index (χ1n) is 9.01. The average molecular weight is 359 g/mol. The number of likely N-dealkylation sites (tertiary alicyclic amines) is 1. The van der Waals surface area contributed by atoms with E-state index in [2.05, 4.69) is 15.1 Å². The van der Waals surface area contributed by atoms with E-state index in [4.69, 9.17) is 4.74 Å². The average Bonchev–Trinajstić information content (AvgIpc) is 3.05. The molecule has 0 unspecified atom stereocenters. The summed E-state index contributed by atoms with van der Waals surface area (Å²) in [5.41, 5.74) is 2.26. The van der Waals surface area contributed by atoms with Gasteiger partial charge in [-0.15, -0.1) is 0 Å². The lowest BCUT2D eigenvalue weighted by molar-refractivity contribution is -0.154. The van der Waals surface area contributed by atoms with Crippen LogP contribution in [0.25, 0.3) is 5.78 Å². The van der Waals surface area contributed by atoms with Crippen LogP contribution in [0.15, 0.2) is 6.33 Å². The van der Waals surface area contributed by atoms with Crippen molar-refractivity contribution in [3.8, 4) is 0 Å². The number of aryl methyl sites for hydroxylation is 2. The van der Waals surface area contributed by atoms with E-state index in [9.17, 15) is 9.59 Å². The third kappa shape index (κ3) is 3.54. The fourth-order valence-corrected chi connectivity index (χ4v) is 3.74. The summed E-state index contributed by atoms with van der Waals surface area (Å²) in [6.45, 7) is 7.56. The lowest BCUT2D eigenvalue weighted by atomic mass is 9.97. The largest absolute Gasteiger partial charge is 0.455 e. The molecular weight excluding hydrogens is 334 g/mol. The van der Waals surface area contributed by atoms with Gasteiger partial charge in [-0.25, -0.2) is 9.50 Å². The molecule has 26 heavy (non-hydrogen) atoms. The Kier molecular flexibility index (Phi) is 5.20. The van der Waals surface area contributed by atoms with Gasteiger partial charge in [0.15, 0.2) is 6.61 Å². The Hall–Kier alpha value is -2.51. The maximum Gasteiger partial charge on any atom is 0.310 e. The highest BCUT2D eigenvalue weighted by molar-refractivity contribution is 5.82. The first-order valence-corrected chi connectivity index (χ1v) is 9.01. The quantitative estimate of drug-likeness (QED) is 0.771. The highest BCUT2D eigenvalue weighted by Crippen LogP contribution is 2.22. The number of carbonyl (C=O) groups excluding carboxylic acids is 2. The van der Waals surface area contributed by atoms with Crippen molar-refractivity contribution in [2.75, 3.05) is 6.61 Å². The minimum Gasteiger partial charge on any atom is -0.455 e. The summed E-state index contributed by atoms with van der Waals surface area (Å²) in [7, 11) is 0. The zero-order chi connectivity index (χ0) is 18.8. The van der Waals surface area contributed by atoms with Crippen LogP contribution in [0.3, 0.4) is 0 Å². The van der Waals surface area contributed by atoms with E-state index in [1.807, 2.05) is 32.6 Å². The van der Waals surface area contributed by atoms with Gasteiger partial charge >= 0.3 is 5.97 Å². The molecule has 2 aromatic rings. The number of nitrogens with zero attached hydrogens (tertiary/aromatic N) is 5. The van der Waals surface area contributed by atoms with Crippen molar-refractivity contribution < 1.29 is 14.3 Å². The number of aromatic nitrogens is 4. The standard InChI is InChI=1S/C18H25N5O3/c1-11-6-5-7-12(2)22(11)16(24)9-26-17(25)8-15-13(3)21-18-19-10-20-23(18)14(15)4/h10-12H,5-9H2,1-4H3/t11-,12-/m0/s1. The Labute approximate surface area is 152 Å². The second kappa shape index (κ2) is 7.39. The summed E-state index contributed by atoms with van der Waals surface area (Å²) in [5.74, 6) is -0.0696. The van der Waals surface area contributed by atoms with Crippen molar-refractivity contribution in [1.29, 1.82) is 0 Å². The molecule has 0 bridgehead atoms. The predicted octanol–water partition coefficient (Wildman–Crippen LogP) is 1.62. The van der Waals surface area contributed by atoms with E-state index in [1.54, 1.807) is 4.52 Å². The van der Waals surface area contributed by atoms with Gasteiger partial charge < -0.3 is 9.64 Å². The monoisotopic (exact) mass is 359 g/mol. The molecule has 8 nitrogen and oxygen atoms in total. The Bertz CT molecular complexity index is 822. The highest BCUT2D eigenvalue weighted by Gasteiger charge is 2.29. The van der Waals surface area contributed by atoms with Gasteiger partial charge in [0.05, 0.1) is 6.42 Å². The molecule has 1 fully saturated rings. The second-order valence-corrected chi connectivity index (χ2v) is 7.00. The Morgan fingerprint density at radius 2 is 1.92 bits per heavy atom. The highest BCUT2D eigenvalue weighted by atomic mass is 16.5. The molecule has 140 valence electrons. The smallest absolute Gasteiger partial charge is 0.310 e. The first-order chi connectivity index (χ1) is 12.4. The summed E-state index contributed by atoms with van der Waals surface area (Å²) >= 11 is 0. The van der Waals surface area contributed by atoms with Crippen LogP contribution in [0.5, 0.6) is 0 Å². The molecule has 0 aliphatic carbocycles. The SMILES string of the molecule is Cc1nc2ncnn2c(C)c1CC(=O)OCC(=O)N1[C@@H](C)CCC[C@@H]1C. The molecule has 1 saturated heterocycles. The van der Waals surface area contributed by atoms with Crippen LogP contribution in [0.2, 0.25) is 0 Å². The van der Waals surface area contributed by atoms with Crippen LogP contribution in [-0.4, -0.2) is 55.0 Å². The molecule has 3 rings (SSSR count). The molecule has 2 atom stereocenters. The topological polar surface area (TPSA) is 89.7 Å². The van der Waals surface area contributed by atoms with Gasteiger partial charge in [0.25, 0.3) is 11.7 Å². The van der Waals surface area contributed by atoms with Crippen molar-refractivity contribution in [1.82, 2.24) is 24.5 Å². The van der Waals surface area contributed by atoms with Crippen molar-refractivity contribution in [3.05, 3.63) is 23.3 Å². The zero-order valence-electron chi connectivity index (χ0n) is 15.7. The summed E-state index contributed by atoms with van der Waals surface area (Å²) in [5, 5.41) is 4.11. The van der Waals surface area contributed by atoms with Crippen LogP contribution in [0.4, 0.5) is 0 Å². The van der Waals surface area contributed by atoms with E-state index in [0.717, 1.165) is 30.5 Å².